The molecule has 0 aromatic rings. The fourth-order valence-corrected chi connectivity index (χ4v) is 6.14. The number of hydrogen-bond acceptors (Lipinski definition) is 2. The molecule has 0 aromatic carbocycles. The van der Waals surface area contributed by atoms with E-state index in [9.17, 15) is 10.2 Å². The third-order valence-electron chi connectivity index (χ3n) is 8.33. The summed E-state index contributed by atoms with van der Waals surface area (Å²) in [7, 11) is 0. The maximum atomic E-state index is 10.1. The van der Waals surface area contributed by atoms with Gasteiger partial charge in [-0.1, -0.05) is 152 Å². The van der Waals surface area contributed by atoms with Gasteiger partial charge in [-0.15, -0.1) is 0 Å². The van der Waals surface area contributed by atoms with Gasteiger partial charge in [-0.3, -0.25) is 0 Å². The molecular formula is C40H56O2. The lowest BCUT2D eigenvalue weighted by molar-refractivity contribution is 0.116. The molecule has 0 amide bonds. The first-order chi connectivity index (χ1) is 19.6. The van der Waals surface area contributed by atoms with Crippen molar-refractivity contribution < 1.29 is 10.2 Å². The normalized spacial score (nSPS) is 26.6. The van der Waals surface area contributed by atoms with Crippen LogP contribution in [0, 0.1) is 16.7 Å². The van der Waals surface area contributed by atoms with E-state index in [0.717, 1.165) is 19.3 Å². The largest absolute Gasteiger partial charge is 0.393 e. The van der Waals surface area contributed by atoms with Crippen LogP contribution < -0.4 is 0 Å². The van der Waals surface area contributed by atoms with Crippen molar-refractivity contribution in [3.8, 4) is 0 Å². The van der Waals surface area contributed by atoms with Crippen molar-refractivity contribution in [3.63, 3.8) is 0 Å². The van der Waals surface area contributed by atoms with E-state index < -0.39 is 0 Å². The molecule has 0 bridgehead atoms. The highest BCUT2D eigenvalue weighted by molar-refractivity contribution is 5.38. The summed E-state index contributed by atoms with van der Waals surface area (Å²) in [6, 6.07) is 0. The standard InChI is InChI=1S/C40H56O2/c1-29(17-13-19-31(3)21-23-37-33(5)25-35(41)27-39(37,7)8)15-11-12-16-30(2)18-14-20-32(4)22-24-38-34(6)26-36(42)28-40(38,9)10/h11-25,35-37,41-42H,26-28H2,1-10H3/b12-11+,17-13+,18-14+,23-21+,24-22+,29-15+,30-16+,31-19+,32-20+/t35?,36-,37?/m1/s1. The molecule has 2 aliphatic carbocycles. The van der Waals surface area contributed by atoms with E-state index in [1.807, 2.05) is 6.08 Å². The predicted octanol–water partition coefficient (Wildman–Crippen LogP) is 10.4. The van der Waals surface area contributed by atoms with Gasteiger partial charge in [0.2, 0.25) is 0 Å². The van der Waals surface area contributed by atoms with Gasteiger partial charge < -0.3 is 10.2 Å². The lowest BCUT2D eigenvalue weighted by atomic mass is 9.67. The van der Waals surface area contributed by atoms with Crippen molar-refractivity contribution in [2.75, 3.05) is 0 Å². The second kappa shape index (κ2) is 16.1. The minimum Gasteiger partial charge on any atom is -0.393 e. The summed E-state index contributed by atoms with van der Waals surface area (Å²) in [5.41, 5.74) is 8.73. The van der Waals surface area contributed by atoms with Gasteiger partial charge in [0.05, 0.1) is 12.2 Å². The Labute approximate surface area is 257 Å². The minimum absolute atomic E-state index is 0.00528. The van der Waals surface area contributed by atoms with E-state index in [0.29, 0.717) is 5.92 Å². The van der Waals surface area contributed by atoms with Crippen LogP contribution in [0.15, 0.2) is 130 Å². The second-order valence-electron chi connectivity index (χ2n) is 13.7. The fraction of sp³-hybridized carbons (Fsp3) is 0.450. The molecule has 2 aliphatic rings. The number of hydrogen-bond donors (Lipinski definition) is 2. The molecule has 0 saturated heterocycles. The summed E-state index contributed by atoms with van der Waals surface area (Å²) in [6.45, 7) is 21.6. The van der Waals surface area contributed by atoms with Crippen LogP contribution in [-0.2, 0) is 0 Å². The quantitative estimate of drug-likeness (QED) is 0.203. The molecule has 228 valence electrons. The lowest BCUT2D eigenvalue weighted by Gasteiger charge is -2.38. The summed E-state index contributed by atoms with van der Waals surface area (Å²) in [5, 5.41) is 20.2. The first-order valence-electron chi connectivity index (χ1n) is 15.4. The Kier molecular flexibility index (Phi) is 13.5. The van der Waals surface area contributed by atoms with Crippen molar-refractivity contribution in [2.45, 2.75) is 101 Å². The summed E-state index contributed by atoms with van der Waals surface area (Å²) >= 11 is 0. The Morgan fingerprint density at radius 3 is 1.74 bits per heavy atom. The minimum atomic E-state index is -0.331. The Morgan fingerprint density at radius 2 is 1.21 bits per heavy atom. The molecular weight excluding hydrogens is 512 g/mol. The number of allylic oxidation sites excluding steroid dienone is 20. The average Bonchev–Trinajstić information content (AvgIpc) is 2.84. The summed E-state index contributed by atoms with van der Waals surface area (Å²) < 4.78 is 0. The van der Waals surface area contributed by atoms with Gasteiger partial charge in [-0.05, 0) is 77.2 Å². The van der Waals surface area contributed by atoms with Crippen LogP contribution in [0.4, 0.5) is 0 Å². The summed E-state index contributed by atoms with van der Waals surface area (Å²) in [5.74, 6) is 0.348. The van der Waals surface area contributed by atoms with E-state index in [2.05, 4.69) is 154 Å². The first-order valence-corrected chi connectivity index (χ1v) is 15.4. The zero-order valence-electron chi connectivity index (χ0n) is 27.9. The zero-order chi connectivity index (χ0) is 31.5. The van der Waals surface area contributed by atoms with Crippen LogP contribution in [0.1, 0.15) is 88.5 Å². The van der Waals surface area contributed by atoms with Crippen LogP contribution in [0.5, 0.6) is 0 Å². The van der Waals surface area contributed by atoms with E-state index in [1.54, 1.807) is 0 Å². The molecule has 0 aromatic heterocycles. The van der Waals surface area contributed by atoms with Crippen molar-refractivity contribution in [2.24, 2.45) is 16.7 Å². The van der Waals surface area contributed by atoms with Gasteiger partial charge in [0.15, 0.2) is 0 Å². The van der Waals surface area contributed by atoms with E-state index in [-0.39, 0.29) is 23.0 Å². The molecule has 0 aliphatic heterocycles. The van der Waals surface area contributed by atoms with Crippen molar-refractivity contribution in [3.05, 3.63) is 130 Å². The Hall–Kier alpha value is -2.94. The molecule has 2 N–H and O–H groups in total. The van der Waals surface area contributed by atoms with Crippen LogP contribution in [0.25, 0.3) is 0 Å². The van der Waals surface area contributed by atoms with Gasteiger partial charge in [0.25, 0.3) is 0 Å². The summed E-state index contributed by atoms with van der Waals surface area (Å²) in [4.78, 5) is 0. The smallest absolute Gasteiger partial charge is 0.0729 e. The maximum absolute atomic E-state index is 10.1. The third-order valence-corrected chi connectivity index (χ3v) is 8.33. The van der Waals surface area contributed by atoms with Gasteiger partial charge in [0.1, 0.15) is 0 Å². The van der Waals surface area contributed by atoms with Crippen LogP contribution >= 0.6 is 0 Å². The molecule has 0 heterocycles. The number of aliphatic hydroxyl groups is 2. The van der Waals surface area contributed by atoms with Gasteiger partial charge in [-0.2, -0.15) is 0 Å². The van der Waals surface area contributed by atoms with Crippen molar-refractivity contribution in [1.82, 2.24) is 0 Å². The van der Waals surface area contributed by atoms with Gasteiger partial charge in [-0.25, -0.2) is 0 Å². The lowest BCUT2D eigenvalue weighted by Crippen LogP contribution is -2.32. The average molecular weight is 569 g/mol. The zero-order valence-corrected chi connectivity index (χ0v) is 27.9. The first kappa shape index (κ1) is 35.3. The van der Waals surface area contributed by atoms with Crippen LogP contribution in [0.2, 0.25) is 0 Å². The Balaban J connectivity index is 1.90. The Morgan fingerprint density at radius 1 is 0.714 bits per heavy atom. The molecule has 0 spiro atoms. The van der Waals surface area contributed by atoms with E-state index >= 15 is 0 Å². The molecule has 0 radical (unpaired) electrons. The van der Waals surface area contributed by atoms with Gasteiger partial charge in [0, 0.05) is 5.92 Å². The maximum Gasteiger partial charge on any atom is 0.0729 e. The second-order valence-corrected chi connectivity index (χ2v) is 13.7. The molecule has 2 heteroatoms. The molecule has 0 saturated carbocycles. The van der Waals surface area contributed by atoms with Crippen LogP contribution in [0.3, 0.4) is 0 Å². The molecule has 2 unspecified atom stereocenters. The number of aliphatic hydroxyl groups excluding tert-OH is 2. The highest BCUT2D eigenvalue weighted by atomic mass is 16.3. The van der Waals surface area contributed by atoms with E-state index in [1.165, 1.54) is 39.0 Å². The van der Waals surface area contributed by atoms with Gasteiger partial charge >= 0.3 is 0 Å². The van der Waals surface area contributed by atoms with E-state index in [4.69, 9.17) is 0 Å². The monoisotopic (exact) mass is 568 g/mol. The molecule has 42 heavy (non-hydrogen) atoms. The molecule has 2 rings (SSSR count). The molecule has 2 nitrogen and oxygen atoms in total. The SMILES string of the molecule is CC1=CC(O)CC(C)(C)C1/C=C/C(C)=C/C=C/C(C)=C/C=C/C=C(C)/C=C/C=C(C)/C=C/C1=C(C)C[C@@H](O)CC1(C)C. The highest BCUT2D eigenvalue weighted by Crippen LogP contribution is 2.42. The molecule has 0 fully saturated rings. The highest BCUT2D eigenvalue weighted by Gasteiger charge is 2.34. The Bertz CT molecular complexity index is 1270. The van der Waals surface area contributed by atoms with Crippen molar-refractivity contribution >= 4 is 0 Å². The van der Waals surface area contributed by atoms with Crippen molar-refractivity contribution in [1.29, 1.82) is 0 Å². The fourth-order valence-electron chi connectivity index (χ4n) is 6.14. The summed E-state index contributed by atoms with van der Waals surface area (Å²) in [6.07, 6.45) is 33.8. The van der Waals surface area contributed by atoms with Crippen LogP contribution in [-0.4, -0.2) is 22.4 Å². The number of rotatable bonds is 10. The predicted molar refractivity (Wildman–Crippen MR) is 184 cm³/mol. The topological polar surface area (TPSA) is 40.5 Å². The third kappa shape index (κ3) is 11.7. The molecule has 3 atom stereocenters.